The van der Waals surface area contributed by atoms with Gasteiger partial charge < -0.3 is 19.9 Å². The standard InChI is InChI=1S/C10H12NO3.ClH/c1-12-8-4-7(2-3-11)5-9-10(8)14-6-13-9;/h4-5,11H,2-3,6H2,1H3;1H/q-1;. The van der Waals surface area contributed by atoms with Crippen LogP contribution in [0.1, 0.15) is 5.56 Å². The number of fused-ring (bicyclic) bond motifs is 1. The molecule has 15 heavy (non-hydrogen) atoms. The molecule has 1 aliphatic heterocycles. The minimum Gasteiger partial charge on any atom is -0.677 e. The third-order valence-corrected chi connectivity index (χ3v) is 2.13. The van der Waals surface area contributed by atoms with Crippen molar-refractivity contribution in [2.75, 3.05) is 20.4 Å². The molecule has 0 bridgehead atoms. The molecule has 1 heterocycles. The summed E-state index contributed by atoms with van der Waals surface area (Å²) in [5.41, 5.74) is 8.19. The van der Waals surface area contributed by atoms with Crippen LogP contribution in [0, 0.1) is 0 Å². The van der Waals surface area contributed by atoms with Gasteiger partial charge in [-0.15, -0.1) is 19.0 Å². The Morgan fingerprint density at radius 3 is 2.87 bits per heavy atom. The number of methoxy groups -OCH3 is 1. The molecule has 0 spiro atoms. The monoisotopic (exact) mass is 230 g/mol. The molecule has 2 rings (SSSR count). The third-order valence-electron chi connectivity index (χ3n) is 2.13. The van der Waals surface area contributed by atoms with Crippen LogP contribution in [0.15, 0.2) is 12.1 Å². The average molecular weight is 231 g/mol. The van der Waals surface area contributed by atoms with Gasteiger partial charge in [0.05, 0.1) is 7.11 Å². The largest absolute Gasteiger partial charge is 0.677 e. The van der Waals surface area contributed by atoms with Gasteiger partial charge in [-0.3, -0.25) is 0 Å². The van der Waals surface area contributed by atoms with Crippen LogP contribution in [0.2, 0.25) is 0 Å². The summed E-state index contributed by atoms with van der Waals surface area (Å²) in [6.07, 6.45) is 0.701. The van der Waals surface area contributed by atoms with E-state index in [2.05, 4.69) is 0 Å². The Hall–Kier alpha value is -1.13. The van der Waals surface area contributed by atoms with Crippen LogP contribution in [-0.4, -0.2) is 20.4 Å². The van der Waals surface area contributed by atoms with E-state index in [9.17, 15) is 0 Å². The topological polar surface area (TPSA) is 51.5 Å². The Labute approximate surface area is 94.7 Å². The van der Waals surface area contributed by atoms with Crippen LogP contribution in [0.3, 0.4) is 0 Å². The SMILES string of the molecule is COc1cc(CC[NH-])cc2c1OCO2.Cl. The molecule has 1 aromatic rings. The van der Waals surface area contributed by atoms with E-state index >= 15 is 0 Å². The van der Waals surface area contributed by atoms with E-state index in [1.165, 1.54) is 0 Å². The number of ether oxygens (including phenoxy) is 3. The van der Waals surface area contributed by atoms with Gasteiger partial charge in [0.15, 0.2) is 11.5 Å². The molecule has 1 aromatic carbocycles. The quantitative estimate of drug-likeness (QED) is 0.802. The second-order valence-corrected chi connectivity index (χ2v) is 3.03. The first kappa shape index (κ1) is 11.9. The second-order valence-electron chi connectivity index (χ2n) is 3.03. The number of rotatable bonds is 3. The smallest absolute Gasteiger partial charge is 0.231 e. The van der Waals surface area contributed by atoms with Crippen molar-refractivity contribution in [2.45, 2.75) is 6.42 Å². The zero-order valence-electron chi connectivity index (χ0n) is 8.41. The van der Waals surface area contributed by atoms with E-state index in [1.807, 2.05) is 12.1 Å². The van der Waals surface area contributed by atoms with Crippen molar-refractivity contribution >= 4 is 12.4 Å². The number of benzene rings is 1. The maximum absolute atomic E-state index is 7.15. The molecule has 0 aromatic heterocycles. The molecule has 0 aliphatic carbocycles. The lowest BCUT2D eigenvalue weighted by Crippen LogP contribution is -1.93. The van der Waals surface area contributed by atoms with E-state index in [0.717, 1.165) is 5.56 Å². The number of halogens is 1. The molecule has 5 heteroatoms. The fourth-order valence-corrected chi connectivity index (χ4v) is 1.47. The molecule has 0 unspecified atom stereocenters. The first-order valence-electron chi connectivity index (χ1n) is 4.46. The predicted molar refractivity (Wildman–Crippen MR) is 59.3 cm³/mol. The first-order valence-corrected chi connectivity index (χ1v) is 4.46. The molecule has 0 atom stereocenters. The van der Waals surface area contributed by atoms with Gasteiger partial charge in [-0.2, -0.15) is 0 Å². The van der Waals surface area contributed by atoms with Gasteiger partial charge in [0.25, 0.3) is 0 Å². The molecular weight excluding hydrogens is 218 g/mol. The Morgan fingerprint density at radius 1 is 1.40 bits per heavy atom. The lowest BCUT2D eigenvalue weighted by atomic mass is 10.1. The van der Waals surface area contributed by atoms with Crippen molar-refractivity contribution in [2.24, 2.45) is 0 Å². The van der Waals surface area contributed by atoms with Crippen molar-refractivity contribution < 1.29 is 14.2 Å². The number of hydrogen-bond acceptors (Lipinski definition) is 3. The van der Waals surface area contributed by atoms with Crippen LogP contribution in [0.5, 0.6) is 17.2 Å². The van der Waals surface area contributed by atoms with Crippen molar-refractivity contribution in [3.05, 3.63) is 23.4 Å². The number of hydrogen-bond donors (Lipinski definition) is 0. The van der Waals surface area contributed by atoms with Gasteiger partial charge in [0, 0.05) is 0 Å². The van der Waals surface area contributed by atoms with Gasteiger partial charge in [-0.25, -0.2) is 0 Å². The Kier molecular flexibility index (Phi) is 4.05. The van der Waals surface area contributed by atoms with E-state index in [4.69, 9.17) is 19.9 Å². The molecule has 1 N–H and O–H groups in total. The van der Waals surface area contributed by atoms with E-state index in [-0.39, 0.29) is 19.2 Å². The molecule has 0 saturated carbocycles. The van der Waals surface area contributed by atoms with Gasteiger partial charge in [0.1, 0.15) is 0 Å². The molecule has 84 valence electrons. The summed E-state index contributed by atoms with van der Waals surface area (Å²) < 4.78 is 15.7. The normalized spacial score (nSPS) is 12.1. The first-order chi connectivity index (χ1) is 6.85. The summed E-state index contributed by atoms with van der Waals surface area (Å²) in [5.74, 6) is 2.07. The van der Waals surface area contributed by atoms with Crippen LogP contribution < -0.4 is 14.2 Å². The van der Waals surface area contributed by atoms with Crippen molar-refractivity contribution in [3.8, 4) is 17.2 Å². The lowest BCUT2D eigenvalue weighted by molar-refractivity contribution is 0.171. The van der Waals surface area contributed by atoms with Crippen molar-refractivity contribution in [1.29, 1.82) is 0 Å². The number of nitrogens with one attached hydrogen (secondary N) is 1. The van der Waals surface area contributed by atoms with E-state index in [1.54, 1.807) is 7.11 Å². The zero-order valence-corrected chi connectivity index (χ0v) is 9.23. The van der Waals surface area contributed by atoms with Crippen molar-refractivity contribution in [3.63, 3.8) is 0 Å². The van der Waals surface area contributed by atoms with Crippen LogP contribution in [-0.2, 0) is 6.42 Å². The van der Waals surface area contributed by atoms with E-state index < -0.39 is 0 Å². The van der Waals surface area contributed by atoms with Gasteiger partial charge in [-0.05, 0) is 24.1 Å². The molecule has 0 fully saturated rings. The predicted octanol–water partition coefficient (Wildman–Crippen LogP) is 2.44. The zero-order chi connectivity index (χ0) is 9.97. The summed E-state index contributed by atoms with van der Waals surface area (Å²) in [6.45, 7) is 0.610. The molecule has 1 aliphatic rings. The molecule has 0 saturated heterocycles. The minimum atomic E-state index is 0. The summed E-state index contributed by atoms with van der Waals surface area (Å²) in [7, 11) is 1.60. The van der Waals surface area contributed by atoms with Crippen LogP contribution in [0.4, 0.5) is 0 Å². The highest BCUT2D eigenvalue weighted by Gasteiger charge is 2.19. The highest BCUT2D eigenvalue weighted by Crippen LogP contribution is 2.41. The second kappa shape index (κ2) is 5.09. The Morgan fingerprint density at radius 2 is 2.20 bits per heavy atom. The van der Waals surface area contributed by atoms with Gasteiger partial charge in [-0.1, -0.05) is 0 Å². The molecule has 0 radical (unpaired) electrons. The average Bonchev–Trinajstić information content (AvgIpc) is 2.65. The fourth-order valence-electron chi connectivity index (χ4n) is 1.47. The summed E-state index contributed by atoms with van der Waals surface area (Å²) >= 11 is 0. The third kappa shape index (κ3) is 2.27. The van der Waals surface area contributed by atoms with Gasteiger partial charge in [0.2, 0.25) is 12.5 Å². The fraction of sp³-hybridized carbons (Fsp3) is 0.400. The summed E-state index contributed by atoms with van der Waals surface area (Å²) in [6, 6.07) is 3.79. The highest BCUT2D eigenvalue weighted by atomic mass is 35.5. The Balaban J connectivity index is 0.00000112. The minimum absolute atomic E-state index is 0. The highest BCUT2D eigenvalue weighted by molar-refractivity contribution is 5.85. The van der Waals surface area contributed by atoms with E-state index in [0.29, 0.717) is 30.2 Å². The maximum Gasteiger partial charge on any atom is 0.231 e. The maximum atomic E-state index is 7.15. The van der Waals surface area contributed by atoms with Crippen molar-refractivity contribution in [1.82, 2.24) is 0 Å². The molecule has 4 nitrogen and oxygen atoms in total. The van der Waals surface area contributed by atoms with Crippen LogP contribution >= 0.6 is 12.4 Å². The Bertz CT molecular complexity index is 344. The van der Waals surface area contributed by atoms with Gasteiger partial charge >= 0.3 is 0 Å². The summed E-state index contributed by atoms with van der Waals surface area (Å²) in [5, 5.41) is 0. The molecule has 0 amide bonds. The van der Waals surface area contributed by atoms with Crippen LogP contribution in [0.25, 0.3) is 5.73 Å². The lowest BCUT2D eigenvalue weighted by Gasteiger charge is -2.08. The summed E-state index contributed by atoms with van der Waals surface area (Å²) in [4.78, 5) is 0. The molecular formula is C10H13ClNO3-.